The fourth-order valence-electron chi connectivity index (χ4n) is 1.24. The summed E-state index contributed by atoms with van der Waals surface area (Å²) < 4.78 is 0. The first-order valence-corrected chi connectivity index (χ1v) is 4.22. The Bertz CT molecular complexity index is 272. The van der Waals surface area contributed by atoms with Gasteiger partial charge < -0.3 is 16.4 Å². The van der Waals surface area contributed by atoms with E-state index >= 15 is 0 Å². The van der Waals surface area contributed by atoms with Gasteiger partial charge >= 0.3 is 0 Å². The van der Waals surface area contributed by atoms with Gasteiger partial charge in [0.1, 0.15) is 5.82 Å². The second-order valence-electron chi connectivity index (χ2n) is 3.35. The van der Waals surface area contributed by atoms with E-state index in [0.717, 1.165) is 12.1 Å². The molecule has 1 aromatic rings. The minimum absolute atomic E-state index is 0.0660. The summed E-state index contributed by atoms with van der Waals surface area (Å²) in [6, 6.07) is 3.70. The lowest BCUT2D eigenvalue weighted by Crippen LogP contribution is -2.26. The second kappa shape index (κ2) is 4.20. The van der Waals surface area contributed by atoms with Crippen LogP contribution in [0.3, 0.4) is 0 Å². The third-order valence-corrected chi connectivity index (χ3v) is 1.83. The minimum Gasteiger partial charge on any atom is -0.383 e. The third kappa shape index (κ3) is 2.68. The van der Waals surface area contributed by atoms with Gasteiger partial charge in [0.05, 0.1) is 0 Å². The van der Waals surface area contributed by atoms with Crippen LogP contribution in [0.15, 0.2) is 18.3 Å². The molecule has 13 heavy (non-hydrogen) atoms. The predicted molar refractivity (Wildman–Crippen MR) is 54.1 cm³/mol. The van der Waals surface area contributed by atoms with Crippen LogP contribution in [0.1, 0.15) is 11.6 Å². The van der Waals surface area contributed by atoms with Gasteiger partial charge in [0.2, 0.25) is 0 Å². The summed E-state index contributed by atoms with van der Waals surface area (Å²) in [5.41, 5.74) is 12.5. The summed E-state index contributed by atoms with van der Waals surface area (Å²) in [6.45, 7) is 0.774. The van der Waals surface area contributed by atoms with Crippen LogP contribution in [0.4, 0.5) is 5.82 Å². The Balaban J connectivity index is 2.76. The van der Waals surface area contributed by atoms with Crippen LogP contribution >= 0.6 is 0 Å². The molecule has 0 bridgehead atoms. The molecule has 0 aliphatic rings. The highest BCUT2D eigenvalue weighted by molar-refractivity contribution is 5.40. The summed E-state index contributed by atoms with van der Waals surface area (Å²) in [7, 11) is 3.96. The molecule has 1 heterocycles. The summed E-state index contributed by atoms with van der Waals surface area (Å²) in [6.07, 6.45) is 1.67. The smallest absolute Gasteiger partial charge is 0.128 e. The van der Waals surface area contributed by atoms with Crippen LogP contribution in [0, 0.1) is 0 Å². The Kier molecular flexibility index (Phi) is 3.22. The quantitative estimate of drug-likeness (QED) is 0.698. The Hall–Kier alpha value is -1.13. The first-order valence-electron chi connectivity index (χ1n) is 4.22. The standard InChI is InChI=1S/C9H16N4/c1-13(2)6-8(10)7-4-3-5-12-9(7)11/h3-5,8H,6,10H2,1-2H3,(H2,11,12). The van der Waals surface area contributed by atoms with E-state index in [-0.39, 0.29) is 6.04 Å². The molecule has 1 rings (SSSR count). The molecule has 0 aliphatic heterocycles. The van der Waals surface area contributed by atoms with E-state index in [1.165, 1.54) is 0 Å². The SMILES string of the molecule is CN(C)CC(N)c1cccnc1N. The number of hydrogen-bond donors (Lipinski definition) is 2. The maximum Gasteiger partial charge on any atom is 0.128 e. The van der Waals surface area contributed by atoms with Crippen LogP contribution in [-0.2, 0) is 0 Å². The van der Waals surface area contributed by atoms with Crippen molar-refractivity contribution in [2.45, 2.75) is 6.04 Å². The number of aromatic nitrogens is 1. The lowest BCUT2D eigenvalue weighted by molar-refractivity contribution is 0.377. The molecular formula is C9H16N4. The van der Waals surface area contributed by atoms with Crippen molar-refractivity contribution in [1.82, 2.24) is 9.88 Å². The van der Waals surface area contributed by atoms with Crippen molar-refractivity contribution in [2.24, 2.45) is 5.73 Å². The van der Waals surface area contributed by atoms with E-state index in [1.54, 1.807) is 6.20 Å². The fraction of sp³-hybridized carbons (Fsp3) is 0.444. The lowest BCUT2D eigenvalue weighted by Gasteiger charge is -2.17. The largest absolute Gasteiger partial charge is 0.383 e. The predicted octanol–water partition coefficient (Wildman–Crippen LogP) is 0.225. The molecule has 0 aliphatic carbocycles. The van der Waals surface area contributed by atoms with E-state index in [0.29, 0.717) is 5.82 Å². The number of likely N-dealkylation sites (N-methyl/N-ethyl adjacent to an activating group) is 1. The normalized spacial score (nSPS) is 13.2. The van der Waals surface area contributed by atoms with Crippen molar-refractivity contribution in [2.75, 3.05) is 26.4 Å². The van der Waals surface area contributed by atoms with E-state index in [4.69, 9.17) is 11.5 Å². The molecule has 4 N–H and O–H groups in total. The molecule has 0 saturated heterocycles. The number of nitrogen functional groups attached to an aromatic ring is 1. The van der Waals surface area contributed by atoms with E-state index < -0.39 is 0 Å². The van der Waals surface area contributed by atoms with Crippen molar-refractivity contribution >= 4 is 5.82 Å². The highest BCUT2D eigenvalue weighted by Crippen LogP contribution is 2.15. The summed E-state index contributed by atoms with van der Waals surface area (Å²) in [5.74, 6) is 0.525. The molecule has 0 spiro atoms. The molecule has 4 heteroatoms. The molecule has 0 amide bonds. The summed E-state index contributed by atoms with van der Waals surface area (Å²) in [5, 5.41) is 0. The van der Waals surface area contributed by atoms with Crippen molar-refractivity contribution in [3.8, 4) is 0 Å². The average molecular weight is 180 g/mol. The molecular weight excluding hydrogens is 164 g/mol. The molecule has 1 unspecified atom stereocenters. The first kappa shape index (κ1) is 9.95. The van der Waals surface area contributed by atoms with Gasteiger partial charge in [-0.3, -0.25) is 0 Å². The number of pyridine rings is 1. The zero-order chi connectivity index (χ0) is 9.84. The van der Waals surface area contributed by atoms with Crippen LogP contribution in [0.5, 0.6) is 0 Å². The first-order chi connectivity index (χ1) is 6.11. The fourth-order valence-corrected chi connectivity index (χ4v) is 1.24. The molecule has 1 atom stereocenters. The maximum atomic E-state index is 5.94. The van der Waals surface area contributed by atoms with Gasteiger partial charge in [-0.25, -0.2) is 4.98 Å². The number of nitrogens with two attached hydrogens (primary N) is 2. The highest BCUT2D eigenvalue weighted by Gasteiger charge is 2.10. The van der Waals surface area contributed by atoms with Gasteiger partial charge in [0, 0.05) is 24.3 Å². The van der Waals surface area contributed by atoms with Gasteiger partial charge in [-0.15, -0.1) is 0 Å². The average Bonchev–Trinajstić information content (AvgIpc) is 2.03. The molecule has 1 aromatic heterocycles. The molecule has 4 nitrogen and oxygen atoms in total. The Labute approximate surface area is 78.6 Å². The van der Waals surface area contributed by atoms with E-state index in [1.807, 2.05) is 31.1 Å². The van der Waals surface area contributed by atoms with Crippen LogP contribution in [-0.4, -0.2) is 30.5 Å². The molecule has 0 saturated carbocycles. The second-order valence-corrected chi connectivity index (χ2v) is 3.35. The molecule has 0 radical (unpaired) electrons. The van der Waals surface area contributed by atoms with Gasteiger partial charge in [-0.05, 0) is 20.2 Å². The maximum absolute atomic E-state index is 5.94. The highest BCUT2D eigenvalue weighted by atomic mass is 15.1. The number of hydrogen-bond acceptors (Lipinski definition) is 4. The van der Waals surface area contributed by atoms with Crippen molar-refractivity contribution in [3.05, 3.63) is 23.9 Å². The molecule has 72 valence electrons. The van der Waals surface area contributed by atoms with Crippen molar-refractivity contribution in [3.63, 3.8) is 0 Å². The summed E-state index contributed by atoms with van der Waals surface area (Å²) >= 11 is 0. The third-order valence-electron chi connectivity index (χ3n) is 1.83. The van der Waals surface area contributed by atoms with Gasteiger partial charge in [-0.2, -0.15) is 0 Å². The van der Waals surface area contributed by atoms with Gasteiger partial charge in [0.15, 0.2) is 0 Å². The Morgan fingerprint density at radius 2 is 2.23 bits per heavy atom. The minimum atomic E-state index is -0.0660. The van der Waals surface area contributed by atoms with Crippen LogP contribution in [0.2, 0.25) is 0 Å². The Morgan fingerprint density at radius 3 is 2.77 bits per heavy atom. The van der Waals surface area contributed by atoms with Crippen LogP contribution in [0.25, 0.3) is 0 Å². The van der Waals surface area contributed by atoms with E-state index in [2.05, 4.69) is 4.98 Å². The molecule has 0 fully saturated rings. The monoisotopic (exact) mass is 180 g/mol. The van der Waals surface area contributed by atoms with Crippen molar-refractivity contribution in [1.29, 1.82) is 0 Å². The molecule has 0 aromatic carbocycles. The number of anilines is 1. The number of rotatable bonds is 3. The van der Waals surface area contributed by atoms with Crippen LogP contribution < -0.4 is 11.5 Å². The Morgan fingerprint density at radius 1 is 1.54 bits per heavy atom. The zero-order valence-corrected chi connectivity index (χ0v) is 8.07. The van der Waals surface area contributed by atoms with E-state index in [9.17, 15) is 0 Å². The van der Waals surface area contributed by atoms with Crippen molar-refractivity contribution < 1.29 is 0 Å². The van der Waals surface area contributed by atoms with Gasteiger partial charge in [-0.1, -0.05) is 6.07 Å². The topological polar surface area (TPSA) is 68.2 Å². The van der Waals surface area contributed by atoms with Gasteiger partial charge in [0.25, 0.3) is 0 Å². The number of nitrogens with zero attached hydrogens (tertiary/aromatic N) is 2. The lowest BCUT2D eigenvalue weighted by atomic mass is 10.1. The summed E-state index contributed by atoms with van der Waals surface area (Å²) in [4.78, 5) is 6.01. The zero-order valence-electron chi connectivity index (χ0n) is 8.07.